The second-order valence-corrected chi connectivity index (χ2v) is 10.3. The molecule has 0 spiro atoms. The van der Waals surface area contributed by atoms with E-state index in [9.17, 15) is 5.11 Å². The van der Waals surface area contributed by atoms with Gasteiger partial charge in [0.25, 0.3) is 0 Å². The Morgan fingerprint density at radius 1 is 1.15 bits per heavy atom. The second kappa shape index (κ2) is 7.17. The van der Waals surface area contributed by atoms with Crippen molar-refractivity contribution < 1.29 is 14.3 Å². The molecule has 0 saturated carbocycles. The van der Waals surface area contributed by atoms with Crippen LogP contribution in [0.25, 0.3) is 10.8 Å². The molecule has 2 aromatic rings. The van der Waals surface area contributed by atoms with Gasteiger partial charge in [0.15, 0.2) is 5.60 Å². The van der Waals surface area contributed by atoms with E-state index in [1.807, 2.05) is 12.1 Å². The maximum Gasteiger partial charge on any atom is 0.205 e. The maximum absolute atomic E-state index is 10.3. The van der Waals surface area contributed by atoms with Gasteiger partial charge in [0.05, 0.1) is 19.3 Å². The average molecular weight is 368 g/mol. The number of benzene rings is 2. The van der Waals surface area contributed by atoms with Crippen LogP contribution in [-0.4, -0.2) is 33.0 Å². The van der Waals surface area contributed by atoms with E-state index in [2.05, 4.69) is 70.0 Å². The summed E-state index contributed by atoms with van der Waals surface area (Å²) in [5, 5.41) is 12.6. The van der Waals surface area contributed by atoms with Crippen LogP contribution < -0.4 is 0 Å². The Kier molecular flexibility index (Phi) is 5.27. The number of hydrogen-bond donors (Lipinski definition) is 1. The van der Waals surface area contributed by atoms with Crippen LogP contribution in [0.2, 0.25) is 13.1 Å². The van der Waals surface area contributed by atoms with Gasteiger partial charge in [-0.15, -0.1) is 0 Å². The van der Waals surface area contributed by atoms with Crippen LogP contribution in [0.4, 0.5) is 0 Å². The number of ether oxygens (including phenoxy) is 1. The molecule has 1 fully saturated rings. The van der Waals surface area contributed by atoms with E-state index >= 15 is 0 Å². The van der Waals surface area contributed by atoms with Crippen molar-refractivity contribution >= 4 is 19.8 Å². The van der Waals surface area contributed by atoms with Crippen LogP contribution >= 0.6 is 0 Å². The predicted octanol–water partition coefficient (Wildman–Crippen LogP) is 4.31. The fourth-order valence-corrected chi connectivity index (χ4v) is 4.09. The molecule has 26 heavy (non-hydrogen) atoms. The highest BCUT2D eigenvalue weighted by Gasteiger charge is 2.34. The molecule has 1 unspecified atom stereocenters. The summed E-state index contributed by atoms with van der Waals surface area (Å²) in [6.07, 6.45) is -0.0610. The fraction of sp³-hybridized carbons (Fsp3) is 0.455. The number of rotatable bonds is 3. The van der Waals surface area contributed by atoms with Crippen molar-refractivity contribution in [2.45, 2.75) is 45.6 Å². The van der Waals surface area contributed by atoms with E-state index in [0.717, 1.165) is 11.1 Å². The van der Waals surface area contributed by atoms with Crippen LogP contribution in [0, 0.1) is 17.3 Å². The van der Waals surface area contributed by atoms with Crippen LogP contribution in [-0.2, 0) is 9.16 Å². The van der Waals surface area contributed by atoms with Gasteiger partial charge in [0, 0.05) is 11.1 Å². The molecule has 0 bridgehead atoms. The summed E-state index contributed by atoms with van der Waals surface area (Å²) in [6, 6.07) is 12.5. The molecular weight excluding hydrogens is 340 g/mol. The average Bonchev–Trinajstić information content (AvgIpc) is 2.54. The first-order chi connectivity index (χ1) is 12.2. The number of fused-ring (bicyclic) bond motifs is 1. The predicted molar refractivity (Wildman–Crippen MR) is 107 cm³/mol. The van der Waals surface area contributed by atoms with Crippen molar-refractivity contribution in [2.24, 2.45) is 5.41 Å². The van der Waals surface area contributed by atoms with Gasteiger partial charge in [-0.2, -0.15) is 0 Å². The third kappa shape index (κ3) is 4.02. The zero-order valence-electron chi connectivity index (χ0n) is 16.2. The molecule has 1 heterocycles. The lowest BCUT2D eigenvalue weighted by atomic mass is 9.81. The summed E-state index contributed by atoms with van der Waals surface area (Å²) < 4.78 is 11.6. The first-order valence-corrected chi connectivity index (χ1v) is 11.4. The molecule has 0 amide bonds. The molecule has 1 atom stereocenters. The Balaban J connectivity index is 2.20. The highest BCUT2D eigenvalue weighted by atomic mass is 28.3. The molecule has 1 aliphatic rings. The van der Waals surface area contributed by atoms with Crippen molar-refractivity contribution in [3.05, 3.63) is 47.5 Å². The number of hydrogen-bond acceptors (Lipinski definition) is 3. The lowest BCUT2D eigenvalue weighted by molar-refractivity contribution is -0.140. The van der Waals surface area contributed by atoms with Gasteiger partial charge >= 0.3 is 0 Å². The second-order valence-electron chi connectivity index (χ2n) is 8.29. The molecule has 0 aliphatic carbocycles. The van der Waals surface area contributed by atoms with E-state index in [0.29, 0.717) is 0 Å². The molecule has 4 heteroatoms. The van der Waals surface area contributed by atoms with Crippen LogP contribution in [0.1, 0.15) is 38.0 Å². The first kappa shape index (κ1) is 19.1. The van der Waals surface area contributed by atoms with Crippen molar-refractivity contribution in [1.82, 2.24) is 0 Å². The largest absolute Gasteiger partial charge is 0.410 e. The van der Waals surface area contributed by atoms with E-state index in [1.165, 1.54) is 10.8 Å². The molecule has 1 N–H and O–H groups in total. The van der Waals surface area contributed by atoms with Gasteiger partial charge in [0.2, 0.25) is 9.04 Å². The van der Waals surface area contributed by atoms with Gasteiger partial charge in [-0.1, -0.05) is 62.9 Å². The van der Waals surface area contributed by atoms with Gasteiger partial charge in [-0.25, -0.2) is 0 Å². The maximum atomic E-state index is 10.3. The Morgan fingerprint density at radius 3 is 2.42 bits per heavy atom. The van der Waals surface area contributed by atoms with Crippen molar-refractivity contribution in [2.75, 3.05) is 13.2 Å². The molecule has 137 valence electrons. The lowest BCUT2D eigenvalue weighted by Gasteiger charge is -2.34. The van der Waals surface area contributed by atoms with Gasteiger partial charge in [-0.05, 0) is 35.3 Å². The molecule has 0 aromatic heterocycles. The van der Waals surface area contributed by atoms with Gasteiger partial charge < -0.3 is 14.3 Å². The topological polar surface area (TPSA) is 38.7 Å². The highest BCUT2D eigenvalue weighted by Crippen LogP contribution is 2.41. The molecule has 1 saturated heterocycles. The summed E-state index contributed by atoms with van der Waals surface area (Å²) in [6.45, 7) is 11.5. The smallest absolute Gasteiger partial charge is 0.205 e. The standard InChI is InChI=1S/C22H27O3Si/c1-21(2,3)20(25-26(4)5)19-17(12-13-22(23)14-24-15-22)11-10-16-8-6-7-9-18(16)19/h6-11,20,23H,14-15H2,1-5H3. The van der Waals surface area contributed by atoms with E-state index in [4.69, 9.17) is 9.16 Å². The SMILES string of the molecule is C[Si](C)OC(c1c(C#CC2(O)COC2)ccc2ccccc12)C(C)(C)C. The minimum absolute atomic E-state index is 0.0610. The third-order valence-electron chi connectivity index (χ3n) is 4.48. The fourth-order valence-electron chi connectivity index (χ4n) is 3.14. The van der Waals surface area contributed by atoms with Crippen LogP contribution in [0.5, 0.6) is 0 Å². The molecule has 1 aliphatic heterocycles. The van der Waals surface area contributed by atoms with Crippen LogP contribution in [0.15, 0.2) is 36.4 Å². The minimum atomic E-state index is -1.02. The Morgan fingerprint density at radius 2 is 1.85 bits per heavy atom. The third-order valence-corrected chi connectivity index (χ3v) is 5.19. The quantitative estimate of drug-likeness (QED) is 0.649. The minimum Gasteiger partial charge on any atom is -0.410 e. The van der Waals surface area contributed by atoms with Gasteiger partial charge in [-0.3, -0.25) is 0 Å². The van der Waals surface area contributed by atoms with E-state index < -0.39 is 14.6 Å². The summed E-state index contributed by atoms with van der Waals surface area (Å²) in [4.78, 5) is 0. The zero-order valence-corrected chi connectivity index (χ0v) is 17.2. The normalized spacial score (nSPS) is 17.5. The Hall–Kier alpha value is -1.64. The zero-order chi connectivity index (χ0) is 18.9. The monoisotopic (exact) mass is 367 g/mol. The lowest BCUT2D eigenvalue weighted by Crippen LogP contribution is -2.48. The number of aliphatic hydroxyl groups is 1. The summed E-state index contributed by atoms with van der Waals surface area (Å²) in [5.41, 5.74) is 0.954. The van der Waals surface area contributed by atoms with Gasteiger partial charge in [0.1, 0.15) is 0 Å². The Labute approximate surface area is 158 Å². The molecule has 1 radical (unpaired) electrons. The van der Waals surface area contributed by atoms with E-state index in [1.54, 1.807) is 0 Å². The molecule has 2 aromatic carbocycles. The first-order valence-electron chi connectivity index (χ1n) is 9.01. The summed E-state index contributed by atoms with van der Waals surface area (Å²) in [7, 11) is -0.901. The van der Waals surface area contributed by atoms with Crippen molar-refractivity contribution in [3.63, 3.8) is 0 Å². The van der Waals surface area contributed by atoms with E-state index in [-0.39, 0.29) is 24.7 Å². The molecular formula is C22H27O3Si. The molecule has 3 nitrogen and oxygen atoms in total. The molecule has 3 rings (SSSR count). The highest BCUT2D eigenvalue weighted by molar-refractivity contribution is 6.48. The Bertz CT molecular complexity index is 851. The van der Waals surface area contributed by atoms with Crippen LogP contribution in [0.3, 0.4) is 0 Å². The summed E-state index contributed by atoms with van der Waals surface area (Å²) in [5.74, 6) is 6.23. The van der Waals surface area contributed by atoms with Crippen molar-refractivity contribution in [3.8, 4) is 11.8 Å². The van der Waals surface area contributed by atoms with Crippen molar-refractivity contribution in [1.29, 1.82) is 0 Å². The summed E-state index contributed by atoms with van der Waals surface area (Å²) >= 11 is 0.